The number of aromatic nitrogens is 1. The first-order valence-electron chi connectivity index (χ1n) is 5.79. The number of hydrogen-bond acceptors (Lipinski definition) is 4. The largest absolute Gasteiger partial charge is 0.466 e. The van der Waals surface area contributed by atoms with Crippen LogP contribution in [0.5, 0.6) is 0 Å². The van der Waals surface area contributed by atoms with Gasteiger partial charge in [0.1, 0.15) is 5.69 Å². The third-order valence-electron chi connectivity index (χ3n) is 2.42. The van der Waals surface area contributed by atoms with Crippen LogP contribution in [0.1, 0.15) is 23.8 Å². The van der Waals surface area contributed by atoms with E-state index in [0.29, 0.717) is 6.61 Å². The van der Waals surface area contributed by atoms with Crippen LogP contribution in [0.2, 0.25) is 15.1 Å². The van der Waals surface area contributed by atoms with Gasteiger partial charge in [-0.05, 0) is 6.92 Å². The van der Waals surface area contributed by atoms with Crippen LogP contribution in [0, 0.1) is 0 Å². The Kier molecular flexibility index (Phi) is 6.52. The Hall–Kier alpha value is -1.04. The fourth-order valence-electron chi connectivity index (χ4n) is 1.37. The van der Waals surface area contributed by atoms with E-state index in [9.17, 15) is 9.59 Å². The molecule has 0 saturated heterocycles. The lowest BCUT2D eigenvalue weighted by atomic mass is 10.3. The van der Waals surface area contributed by atoms with Gasteiger partial charge in [0.25, 0.3) is 5.91 Å². The van der Waals surface area contributed by atoms with Crippen LogP contribution in [0.25, 0.3) is 0 Å². The summed E-state index contributed by atoms with van der Waals surface area (Å²) in [7, 11) is 1.53. The molecule has 0 unspecified atom stereocenters. The van der Waals surface area contributed by atoms with Crippen molar-refractivity contribution in [3.05, 3.63) is 27.0 Å². The Bertz CT molecular complexity index is 523. The van der Waals surface area contributed by atoms with Crippen LogP contribution in [-0.2, 0) is 9.53 Å². The van der Waals surface area contributed by atoms with Gasteiger partial charge < -0.3 is 9.64 Å². The summed E-state index contributed by atoms with van der Waals surface area (Å²) in [6.45, 7) is 2.21. The zero-order chi connectivity index (χ0) is 15.3. The summed E-state index contributed by atoms with van der Waals surface area (Å²) < 4.78 is 4.78. The van der Waals surface area contributed by atoms with E-state index in [4.69, 9.17) is 39.5 Å². The highest BCUT2D eigenvalue weighted by atomic mass is 35.5. The molecule has 20 heavy (non-hydrogen) atoms. The Labute approximate surface area is 131 Å². The normalized spacial score (nSPS) is 10.2. The quantitative estimate of drug-likeness (QED) is 0.774. The second-order valence-electron chi connectivity index (χ2n) is 3.86. The van der Waals surface area contributed by atoms with E-state index in [2.05, 4.69) is 4.98 Å². The molecule has 1 amide bonds. The van der Waals surface area contributed by atoms with Gasteiger partial charge in [-0.15, -0.1) is 0 Å². The molecule has 1 rings (SSSR count). The van der Waals surface area contributed by atoms with Gasteiger partial charge in [-0.3, -0.25) is 9.59 Å². The van der Waals surface area contributed by atoms with Gasteiger partial charge in [0.05, 0.1) is 28.1 Å². The molecule has 0 bridgehead atoms. The minimum Gasteiger partial charge on any atom is -0.466 e. The van der Waals surface area contributed by atoms with Gasteiger partial charge in [-0.1, -0.05) is 34.8 Å². The second-order valence-corrected chi connectivity index (χ2v) is 5.03. The van der Waals surface area contributed by atoms with Gasteiger partial charge in [0.2, 0.25) is 0 Å². The Morgan fingerprint density at radius 2 is 1.95 bits per heavy atom. The third-order valence-corrected chi connectivity index (χ3v) is 3.66. The summed E-state index contributed by atoms with van der Waals surface area (Å²) >= 11 is 17.5. The van der Waals surface area contributed by atoms with E-state index in [1.54, 1.807) is 6.92 Å². The molecule has 110 valence electrons. The molecular formula is C12H13Cl3N2O3. The second kappa shape index (κ2) is 7.67. The van der Waals surface area contributed by atoms with E-state index in [1.165, 1.54) is 18.1 Å². The molecule has 0 atom stereocenters. The van der Waals surface area contributed by atoms with Gasteiger partial charge >= 0.3 is 5.97 Å². The van der Waals surface area contributed by atoms with Crippen LogP contribution >= 0.6 is 34.8 Å². The van der Waals surface area contributed by atoms with Crippen molar-refractivity contribution in [3.63, 3.8) is 0 Å². The van der Waals surface area contributed by atoms with Crippen molar-refractivity contribution in [2.24, 2.45) is 0 Å². The van der Waals surface area contributed by atoms with E-state index in [1.807, 2.05) is 0 Å². The molecule has 1 aromatic heterocycles. The molecule has 0 fully saturated rings. The molecule has 0 aliphatic heterocycles. The first kappa shape index (κ1) is 17.0. The number of halogens is 3. The van der Waals surface area contributed by atoms with Crippen LogP contribution in [0.15, 0.2) is 6.20 Å². The fraction of sp³-hybridized carbons (Fsp3) is 0.417. The van der Waals surface area contributed by atoms with Gasteiger partial charge in [-0.2, -0.15) is 0 Å². The lowest BCUT2D eigenvalue weighted by Gasteiger charge is -2.17. The first-order chi connectivity index (χ1) is 9.38. The molecular weight excluding hydrogens is 327 g/mol. The van der Waals surface area contributed by atoms with Crippen molar-refractivity contribution < 1.29 is 14.3 Å². The highest BCUT2D eigenvalue weighted by molar-refractivity contribution is 6.48. The average Bonchev–Trinajstić information content (AvgIpc) is 2.42. The number of nitrogens with zero attached hydrogens (tertiary/aromatic N) is 2. The molecule has 1 aromatic rings. The number of hydrogen-bond donors (Lipinski definition) is 0. The topological polar surface area (TPSA) is 59.5 Å². The summed E-state index contributed by atoms with van der Waals surface area (Å²) in [6.07, 6.45) is 1.34. The lowest BCUT2D eigenvalue weighted by Crippen LogP contribution is -2.30. The molecule has 0 aliphatic rings. The van der Waals surface area contributed by atoms with Crippen LogP contribution in [-0.4, -0.2) is 42.0 Å². The maximum absolute atomic E-state index is 12.1. The predicted molar refractivity (Wildman–Crippen MR) is 77.5 cm³/mol. The predicted octanol–water partition coefficient (Wildman–Crippen LogP) is 3.07. The van der Waals surface area contributed by atoms with Crippen molar-refractivity contribution >= 4 is 46.7 Å². The average molecular weight is 340 g/mol. The maximum atomic E-state index is 12.1. The number of carbonyl (C=O) groups excluding carboxylic acids is 2. The van der Waals surface area contributed by atoms with E-state index < -0.39 is 5.91 Å². The minimum absolute atomic E-state index is 0.00701. The number of ether oxygens (including phenoxy) is 1. The minimum atomic E-state index is -0.446. The van der Waals surface area contributed by atoms with Crippen molar-refractivity contribution in [1.82, 2.24) is 9.88 Å². The number of carbonyl (C=O) groups is 2. The summed E-state index contributed by atoms with van der Waals surface area (Å²) in [5, 5.41) is 0.236. The number of rotatable bonds is 5. The van der Waals surface area contributed by atoms with Crippen molar-refractivity contribution in [2.75, 3.05) is 20.2 Å². The Morgan fingerprint density at radius 1 is 1.30 bits per heavy atom. The highest BCUT2D eigenvalue weighted by Gasteiger charge is 2.20. The van der Waals surface area contributed by atoms with Crippen molar-refractivity contribution in [2.45, 2.75) is 13.3 Å². The molecule has 8 heteroatoms. The molecule has 5 nitrogen and oxygen atoms in total. The maximum Gasteiger partial charge on any atom is 0.307 e. The SMILES string of the molecule is CCOC(=O)CCN(C)C(=O)c1ncc(Cl)c(Cl)c1Cl. The van der Waals surface area contributed by atoms with E-state index in [0.717, 1.165) is 0 Å². The lowest BCUT2D eigenvalue weighted by molar-refractivity contribution is -0.143. The molecule has 0 saturated carbocycles. The standard InChI is InChI=1S/C12H13Cl3N2O3/c1-3-20-8(18)4-5-17(2)12(19)11-10(15)9(14)7(13)6-16-11/h6H,3-5H2,1-2H3. The van der Waals surface area contributed by atoms with Crippen LogP contribution < -0.4 is 0 Å². The smallest absolute Gasteiger partial charge is 0.307 e. The molecule has 0 N–H and O–H groups in total. The highest BCUT2D eigenvalue weighted by Crippen LogP contribution is 2.31. The van der Waals surface area contributed by atoms with Crippen LogP contribution in [0.3, 0.4) is 0 Å². The van der Waals surface area contributed by atoms with E-state index in [-0.39, 0.29) is 39.7 Å². The van der Waals surface area contributed by atoms with Gasteiger partial charge in [0, 0.05) is 19.8 Å². The van der Waals surface area contributed by atoms with Gasteiger partial charge in [0.15, 0.2) is 0 Å². The first-order valence-corrected chi connectivity index (χ1v) is 6.92. The zero-order valence-corrected chi connectivity index (χ0v) is 13.2. The summed E-state index contributed by atoms with van der Waals surface area (Å²) in [4.78, 5) is 28.5. The summed E-state index contributed by atoms with van der Waals surface area (Å²) in [5.41, 5.74) is -0.00701. The van der Waals surface area contributed by atoms with Crippen molar-refractivity contribution in [3.8, 4) is 0 Å². The number of amides is 1. The van der Waals surface area contributed by atoms with Crippen molar-refractivity contribution in [1.29, 1.82) is 0 Å². The molecule has 0 radical (unpaired) electrons. The fourth-order valence-corrected chi connectivity index (χ4v) is 1.93. The third kappa shape index (κ3) is 4.23. The molecule has 0 spiro atoms. The monoisotopic (exact) mass is 338 g/mol. The molecule has 0 aromatic carbocycles. The van der Waals surface area contributed by atoms with E-state index >= 15 is 0 Å². The zero-order valence-electron chi connectivity index (χ0n) is 11.0. The Balaban J connectivity index is 2.75. The summed E-state index contributed by atoms with van der Waals surface area (Å²) in [5.74, 6) is -0.821. The Morgan fingerprint density at radius 3 is 2.55 bits per heavy atom. The molecule has 1 heterocycles. The molecule has 0 aliphatic carbocycles. The number of esters is 1. The number of pyridine rings is 1. The van der Waals surface area contributed by atoms with Gasteiger partial charge in [-0.25, -0.2) is 4.98 Å². The summed E-state index contributed by atoms with van der Waals surface area (Å²) in [6, 6.07) is 0. The van der Waals surface area contributed by atoms with Crippen LogP contribution in [0.4, 0.5) is 0 Å².